The van der Waals surface area contributed by atoms with E-state index in [0.717, 1.165) is 62.4 Å². The van der Waals surface area contributed by atoms with E-state index in [2.05, 4.69) is 9.88 Å². The summed E-state index contributed by atoms with van der Waals surface area (Å²) in [6, 6.07) is 5.00. The second-order valence-corrected chi connectivity index (χ2v) is 9.00. The first kappa shape index (κ1) is 21.4. The van der Waals surface area contributed by atoms with Crippen LogP contribution in [0.1, 0.15) is 43.5 Å². The van der Waals surface area contributed by atoms with Crippen molar-refractivity contribution in [2.24, 2.45) is 5.92 Å². The number of halogens is 1. The van der Waals surface area contributed by atoms with Gasteiger partial charge < -0.3 is 14.5 Å². The maximum absolute atomic E-state index is 13.8. The Morgan fingerprint density at radius 2 is 2.10 bits per heavy atom. The molecule has 0 saturated carbocycles. The number of amides is 1. The quantitative estimate of drug-likeness (QED) is 0.668. The van der Waals surface area contributed by atoms with E-state index in [1.165, 1.54) is 6.07 Å². The lowest BCUT2D eigenvalue weighted by Crippen LogP contribution is -2.47. The van der Waals surface area contributed by atoms with E-state index in [9.17, 15) is 9.18 Å². The lowest BCUT2D eigenvalue weighted by molar-refractivity contribution is -0.136. The third-order valence-electron chi connectivity index (χ3n) is 6.57. The zero-order valence-electron chi connectivity index (χ0n) is 17.8. The van der Waals surface area contributed by atoms with Crippen LogP contribution < -0.4 is 0 Å². The molecule has 0 radical (unpaired) electrons. The monoisotopic (exact) mass is 431 g/mol. The largest absolute Gasteiger partial charge is 0.365 e. The van der Waals surface area contributed by atoms with Crippen LogP contribution in [0.4, 0.5) is 4.39 Å². The van der Waals surface area contributed by atoms with Crippen molar-refractivity contribution in [2.75, 3.05) is 32.7 Å². The van der Waals surface area contributed by atoms with E-state index in [-0.39, 0.29) is 23.2 Å². The standard InChI is InChI=1S/C23H30FN3O2S/c1-3-27(4-2)22(28)18(11-20-15-30-16-25-20)13-26-9-7-23(8-10-26)21-12-19(24)6-5-17(21)14-29-23/h5-6,12,15-16,18H,3-4,7-11,13-14H2,1-2H3. The number of ether oxygens (including phenoxy) is 1. The number of nitrogens with zero attached hydrogens (tertiary/aromatic N) is 3. The minimum atomic E-state index is -0.374. The Kier molecular flexibility index (Phi) is 6.51. The molecule has 0 bridgehead atoms. The second-order valence-electron chi connectivity index (χ2n) is 8.28. The zero-order valence-corrected chi connectivity index (χ0v) is 18.6. The summed E-state index contributed by atoms with van der Waals surface area (Å²) in [6.07, 6.45) is 2.32. The van der Waals surface area contributed by atoms with E-state index in [1.807, 2.05) is 35.7 Å². The lowest BCUT2D eigenvalue weighted by atomic mass is 9.83. The number of aromatic nitrogens is 1. The van der Waals surface area contributed by atoms with Gasteiger partial charge in [0, 0.05) is 44.5 Å². The van der Waals surface area contributed by atoms with Crippen molar-refractivity contribution in [2.45, 2.75) is 45.3 Å². The van der Waals surface area contributed by atoms with Gasteiger partial charge in [0.1, 0.15) is 5.82 Å². The van der Waals surface area contributed by atoms with Gasteiger partial charge in [-0.15, -0.1) is 11.3 Å². The fourth-order valence-corrected chi connectivity index (χ4v) is 5.40. The van der Waals surface area contributed by atoms with E-state index in [0.29, 0.717) is 13.0 Å². The summed E-state index contributed by atoms with van der Waals surface area (Å²) in [5, 5.41) is 2.03. The molecule has 1 spiro atoms. The molecule has 1 fully saturated rings. The van der Waals surface area contributed by atoms with Gasteiger partial charge in [0.15, 0.2) is 0 Å². The number of carbonyl (C=O) groups is 1. The van der Waals surface area contributed by atoms with Gasteiger partial charge in [0.05, 0.1) is 29.3 Å². The van der Waals surface area contributed by atoms with Crippen LogP contribution in [0.3, 0.4) is 0 Å². The first-order valence-corrected chi connectivity index (χ1v) is 11.8. The van der Waals surface area contributed by atoms with Crippen molar-refractivity contribution in [3.8, 4) is 0 Å². The molecule has 2 aliphatic heterocycles. The van der Waals surface area contributed by atoms with Crippen molar-refractivity contribution in [3.63, 3.8) is 0 Å². The van der Waals surface area contributed by atoms with Crippen LogP contribution in [-0.2, 0) is 28.2 Å². The highest BCUT2D eigenvalue weighted by Crippen LogP contribution is 2.44. The Morgan fingerprint density at radius 3 is 2.77 bits per heavy atom. The average Bonchev–Trinajstić information content (AvgIpc) is 3.39. The summed E-state index contributed by atoms with van der Waals surface area (Å²) >= 11 is 1.57. The van der Waals surface area contributed by atoms with Crippen LogP contribution in [0.25, 0.3) is 0 Å². The van der Waals surface area contributed by atoms with E-state index < -0.39 is 0 Å². The molecule has 7 heteroatoms. The molecule has 1 aromatic heterocycles. The predicted octanol–water partition coefficient (Wildman–Crippen LogP) is 3.83. The number of piperidine rings is 1. The molecule has 1 unspecified atom stereocenters. The predicted molar refractivity (Wildman–Crippen MR) is 116 cm³/mol. The van der Waals surface area contributed by atoms with Gasteiger partial charge in [-0.05, 0) is 49.9 Å². The number of hydrogen-bond acceptors (Lipinski definition) is 5. The van der Waals surface area contributed by atoms with Gasteiger partial charge in [-0.1, -0.05) is 6.07 Å². The van der Waals surface area contributed by atoms with Crippen molar-refractivity contribution in [1.82, 2.24) is 14.8 Å². The van der Waals surface area contributed by atoms with E-state index in [1.54, 1.807) is 17.4 Å². The number of carbonyl (C=O) groups excluding carboxylic acids is 1. The van der Waals surface area contributed by atoms with E-state index in [4.69, 9.17) is 4.74 Å². The molecule has 162 valence electrons. The van der Waals surface area contributed by atoms with Crippen molar-refractivity contribution < 1.29 is 13.9 Å². The summed E-state index contributed by atoms with van der Waals surface area (Å²) in [7, 11) is 0. The number of thiazole rings is 1. The summed E-state index contributed by atoms with van der Waals surface area (Å²) in [5.41, 5.74) is 4.56. The Bertz CT molecular complexity index is 861. The summed E-state index contributed by atoms with van der Waals surface area (Å²) < 4.78 is 20.0. The van der Waals surface area contributed by atoms with Crippen LogP contribution in [0, 0.1) is 11.7 Å². The Morgan fingerprint density at radius 1 is 1.33 bits per heavy atom. The zero-order chi connectivity index (χ0) is 21.1. The van der Waals surface area contributed by atoms with Gasteiger partial charge in [-0.3, -0.25) is 4.79 Å². The van der Waals surface area contributed by atoms with E-state index >= 15 is 0 Å². The Labute approximate surface area is 181 Å². The number of rotatable bonds is 7. The molecule has 1 saturated heterocycles. The Balaban J connectivity index is 1.44. The molecule has 1 amide bonds. The molecule has 1 atom stereocenters. The third kappa shape index (κ3) is 4.29. The molecule has 1 aromatic carbocycles. The van der Waals surface area contributed by atoms with Gasteiger partial charge in [-0.2, -0.15) is 0 Å². The first-order chi connectivity index (χ1) is 14.5. The highest BCUT2D eigenvalue weighted by atomic mass is 32.1. The normalized spacial score (nSPS) is 19.0. The molecule has 2 aliphatic rings. The summed E-state index contributed by atoms with van der Waals surface area (Å²) in [6.45, 7) is 8.47. The summed E-state index contributed by atoms with van der Waals surface area (Å²) in [4.78, 5) is 21.9. The number of hydrogen-bond donors (Lipinski definition) is 0. The molecule has 2 aromatic rings. The highest BCUT2D eigenvalue weighted by Gasteiger charge is 2.43. The van der Waals surface area contributed by atoms with Gasteiger partial charge in [-0.25, -0.2) is 9.37 Å². The number of benzene rings is 1. The lowest BCUT2D eigenvalue weighted by Gasteiger charge is -2.40. The molecule has 0 N–H and O–H groups in total. The second kappa shape index (κ2) is 9.12. The molecular weight excluding hydrogens is 401 g/mol. The first-order valence-electron chi connectivity index (χ1n) is 10.9. The number of likely N-dealkylation sites (tertiary alicyclic amines) is 1. The van der Waals surface area contributed by atoms with Crippen molar-refractivity contribution in [3.05, 3.63) is 51.7 Å². The smallest absolute Gasteiger partial charge is 0.227 e. The van der Waals surface area contributed by atoms with Gasteiger partial charge in [0.25, 0.3) is 0 Å². The molecular formula is C23H30FN3O2S. The maximum atomic E-state index is 13.8. The average molecular weight is 432 g/mol. The van der Waals surface area contributed by atoms with Crippen molar-refractivity contribution in [1.29, 1.82) is 0 Å². The molecule has 4 rings (SSSR count). The molecule has 0 aliphatic carbocycles. The fraction of sp³-hybridized carbons (Fsp3) is 0.565. The van der Waals surface area contributed by atoms with Crippen LogP contribution in [0.5, 0.6) is 0 Å². The summed E-state index contributed by atoms with van der Waals surface area (Å²) in [5.74, 6) is -0.0951. The topological polar surface area (TPSA) is 45.7 Å². The minimum Gasteiger partial charge on any atom is -0.365 e. The third-order valence-corrected chi connectivity index (χ3v) is 7.21. The highest BCUT2D eigenvalue weighted by molar-refractivity contribution is 7.07. The van der Waals surface area contributed by atoms with Crippen LogP contribution in [0.2, 0.25) is 0 Å². The van der Waals surface area contributed by atoms with Crippen LogP contribution >= 0.6 is 11.3 Å². The van der Waals surface area contributed by atoms with Crippen LogP contribution in [0.15, 0.2) is 29.1 Å². The van der Waals surface area contributed by atoms with Crippen molar-refractivity contribution >= 4 is 17.2 Å². The molecule has 30 heavy (non-hydrogen) atoms. The maximum Gasteiger partial charge on any atom is 0.227 e. The SMILES string of the molecule is CCN(CC)C(=O)C(Cc1cscn1)CN1CCC2(CC1)OCc1ccc(F)cc12. The molecule has 3 heterocycles. The van der Waals surface area contributed by atoms with Crippen LogP contribution in [-0.4, -0.2) is 53.4 Å². The minimum absolute atomic E-state index is 0.102. The molecule has 5 nitrogen and oxygen atoms in total. The van der Waals surface area contributed by atoms with Gasteiger partial charge in [0.2, 0.25) is 5.91 Å². The Hall–Kier alpha value is -1.83. The number of fused-ring (bicyclic) bond motifs is 2. The fourth-order valence-electron chi connectivity index (χ4n) is 4.83. The van der Waals surface area contributed by atoms with Gasteiger partial charge >= 0.3 is 0 Å².